The lowest BCUT2D eigenvalue weighted by Gasteiger charge is -2.23. The van der Waals surface area contributed by atoms with E-state index in [1.165, 1.54) is 11.1 Å². The van der Waals surface area contributed by atoms with Gasteiger partial charge in [-0.2, -0.15) is 0 Å². The fraction of sp³-hybridized carbons (Fsp3) is 0.467. The molecule has 5 heteroatoms. The molecular weight excluding hydrogens is 268 g/mol. The molecule has 4 nitrogen and oxygen atoms in total. The number of nitrogens with one attached hydrogen (secondary N) is 1. The van der Waals surface area contributed by atoms with Crippen LogP contribution < -0.4 is 4.90 Å². The summed E-state index contributed by atoms with van der Waals surface area (Å²) in [5.41, 5.74) is 2.92. The molecule has 1 aliphatic heterocycles. The first-order valence-electron chi connectivity index (χ1n) is 7.15. The van der Waals surface area contributed by atoms with Crippen molar-refractivity contribution >= 4 is 18.2 Å². The summed E-state index contributed by atoms with van der Waals surface area (Å²) in [5, 5.41) is 7.37. The number of nitrogens with zero attached hydrogens (tertiary/aromatic N) is 3. The van der Waals surface area contributed by atoms with E-state index in [0.29, 0.717) is 10.8 Å². The highest BCUT2D eigenvalue weighted by molar-refractivity contribution is 7.71. The van der Waals surface area contributed by atoms with Crippen LogP contribution in [0, 0.1) is 4.77 Å². The number of anilines is 1. The van der Waals surface area contributed by atoms with Crippen molar-refractivity contribution in [2.75, 3.05) is 18.0 Å². The third kappa shape index (κ3) is 2.38. The summed E-state index contributed by atoms with van der Waals surface area (Å²) in [7, 11) is 0. The van der Waals surface area contributed by atoms with E-state index < -0.39 is 0 Å². The van der Waals surface area contributed by atoms with Gasteiger partial charge in [-0.05, 0) is 50.0 Å². The minimum atomic E-state index is 0.321. The van der Waals surface area contributed by atoms with Crippen molar-refractivity contribution in [3.63, 3.8) is 0 Å². The highest BCUT2D eigenvalue weighted by Crippen LogP contribution is 2.22. The van der Waals surface area contributed by atoms with Crippen LogP contribution in [0.3, 0.4) is 0 Å². The van der Waals surface area contributed by atoms with E-state index in [4.69, 9.17) is 12.2 Å². The molecule has 0 unspecified atom stereocenters. The van der Waals surface area contributed by atoms with Crippen molar-refractivity contribution in [1.29, 1.82) is 0 Å². The number of aromatic nitrogens is 3. The lowest BCUT2D eigenvalue weighted by atomic mass is 10.0. The first-order chi connectivity index (χ1) is 9.66. The SMILES string of the molecule is CC(C)n1c(N2CCc3ccccc3CC2)n[nH]c1=S. The quantitative estimate of drug-likeness (QED) is 0.863. The van der Waals surface area contributed by atoms with Crippen molar-refractivity contribution < 1.29 is 0 Å². The van der Waals surface area contributed by atoms with Crippen LogP contribution in [0.25, 0.3) is 0 Å². The van der Waals surface area contributed by atoms with E-state index in [2.05, 4.69) is 57.8 Å². The molecular formula is C15H20N4S. The highest BCUT2D eigenvalue weighted by Gasteiger charge is 2.19. The molecule has 0 saturated heterocycles. The molecule has 1 N–H and O–H groups in total. The zero-order chi connectivity index (χ0) is 14.1. The molecule has 0 spiro atoms. The van der Waals surface area contributed by atoms with Crippen LogP contribution in [-0.4, -0.2) is 27.9 Å². The minimum Gasteiger partial charge on any atom is -0.340 e. The normalized spacial score (nSPS) is 15.2. The summed E-state index contributed by atoms with van der Waals surface area (Å²) in [6, 6.07) is 9.04. The second-order valence-electron chi connectivity index (χ2n) is 5.55. The van der Waals surface area contributed by atoms with Gasteiger partial charge in [-0.3, -0.25) is 4.57 Å². The topological polar surface area (TPSA) is 36.9 Å². The number of fused-ring (bicyclic) bond motifs is 1. The van der Waals surface area contributed by atoms with E-state index in [1.54, 1.807) is 0 Å². The Kier molecular flexibility index (Phi) is 3.61. The third-order valence-electron chi connectivity index (χ3n) is 3.91. The molecule has 0 radical (unpaired) electrons. The average molecular weight is 288 g/mol. The second kappa shape index (κ2) is 5.40. The van der Waals surface area contributed by atoms with Crippen LogP contribution >= 0.6 is 12.2 Å². The lowest BCUT2D eigenvalue weighted by molar-refractivity contribution is 0.577. The fourth-order valence-corrected chi connectivity index (χ4v) is 3.19. The molecule has 1 aromatic heterocycles. The Hall–Kier alpha value is -1.62. The van der Waals surface area contributed by atoms with Gasteiger partial charge in [0.05, 0.1) is 0 Å². The van der Waals surface area contributed by atoms with Gasteiger partial charge in [-0.25, -0.2) is 5.10 Å². The average Bonchev–Trinajstić information content (AvgIpc) is 2.70. The van der Waals surface area contributed by atoms with Gasteiger partial charge in [-0.15, -0.1) is 5.10 Å². The summed E-state index contributed by atoms with van der Waals surface area (Å²) in [4.78, 5) is 2.34. The Balaban J connectivity index is 1.89. The van der Waals surface area contributed by atoms with Gasteiger partial charge in [0.15, 0.2) is 4.77 Å². The molecule has 3 rings (SSSR count). The van der Waals surface area contributed by atoms with Gasteiger partial charge >= 0.3 is 0 Å². The minimum absolute atomic E-state index is 0.321. The number of hydrogen-bond acceptors (Lipinski definition) is 3. The fourth-order valence-electron chi connectivity index (χ4n) is 2.85. The molecule has 0 saturated carbocycles. The smallest absolute Gasteiger partial charge is 0.225 e. The van der Waals surface area contributed by atoms with Crippen LogP contribution in [0.1, 0.15) is 31.0 Å². The van der Waals surface area contributed by atoms with Crippen LogP contribution in [0.2, 0.25) is 0 Å². The largest absolute Gasteiger partial charge is 0.340 e. The molecule has 1 aliphatic rings. The van der Waals surface area contributed by atoms with Crippen LogP contribution in [-0.2, 0) is 12.8 Å². The summed E-state index contributed by atoms with van der Waals surface area (Å²) >= 11 is 5.34. The van der Waals surface area contributed by atoms with Crippen molar-refractivity contribution in [1.82, 2.24) is 14.8 Å². The Morgan fingerprint density at radius 2 is 1.75 bits per heavy atom. The molecule has 0 atom stereocenters. The molecule has 0 amide bonds. The Morgan fingerprint density at radius 3 is 2.30 bits per heavy atom. The van der Waals surface area contributed by atoms with Crippen molar-refractivity contribution in [3.05, 3.63) is 40.2 Å². The summed E-state index contributed by atoms with van der Waals surface area (Å²) in [5.74, 6) is 0.970. The van der Waals surface area contributed by atoms with Gasteiger partial charge in [0.25, 0.3) is 0 Å². The number of hydrogen-bond donors (Lipinski definition) is 1. The third-order valence-corrected chi connectivity index (χ3v) is 4.19. The maximum atomic E-state index is 5.34. The van der Waals surface area contributed by atoms with E-state index in [1.807, 2.05) is 0 Å². The molecule has 106 valence electrons. The maximum Gasteiger partial charge on any atom is 0.225 e. The van der Waals surface area contributed by atoms with E-state index in [0.717, 1.165) is 31.9 Å². The number of H-pyrrole nitrogens is 1. The monoisotopic (exact) mass is 288 g/mol. The number of aromatic amines is 1. The predicted molar refractivity (Wildman–Crippen MR) is 83.9 cm³/mol. The Labute approximate surface area is 124 Å². The van der Waals surface area contributed by atoms with Gasteiger partial charge in [0.1, 0.15) is 0 Å². The Morgan fingerprint density at radius 1 is 1.15 bits per heavy atom. The van der Waals surface area contributed by atoms with Crippen molar-refractivity contribution in [2.24, 2.45) is 0 Å². The predicted octanol–water partition coefficient (Wildman–Crippen LogP) is 3.13. The zero-order valence-electron chi connectivity index (χ0n) is 12.0. The zero-order valence-corrected chi connectivity index (χ0v) is 12.8. The van der Waals surface area contributed by atoms with Crippen LogP contribution in [0.4, 0.5) is 5.95 Å². The first kappa shape index (κ1) is 13.4. The molecule has 20 heavy (non-hydrogen) atoms. The van der Waals surface area contributed by atoms with Crippen LogP contribution in [0.5, 0.6) is 0 Å². The number of rotatable bonds is 2. The molecule has 1 aromatic carbocycles. The Bertz CT molecular complexity index is 629. The summed E-state index contributed by atoms with van der Waals surface area (Å²) < 4.78 is 2.81. The van der Waals surface area contributed by atoms with Gasteiger partial charge in [0.2, 0.25) is 5.95 Å². The van der Waals surface area contributed by atoms with E-state index >= 15 is 0 Å². The molecule has 2 aromatic rings. The van der Waals surface area contributed by atoms with E-state index in [9.17, 15) is 0 Å². The standard InChI is InChI=1S/C15H20N4S/c1-11(2)19-14(16-17-15(19)20)18-9-7-12-5-3-4-6-13(12)8-10-18/h3-6,11H,7-10H2,1-2H3,(H,17,20). The molecule has 0 aliphatic carbocycles. The summed E-state index contributed by atoms with van der Waals surface area (Å²) in [6.07, 6.45) is 2.13. The first-order valence-corrected chi connectivity index (χ1v) is 7.56. The van der Waals surface area contributed by atoms with Crippen LogP contribution in [0.15, 0.2) is 24.3 Å². The van der Waals surface area contributed by atoms with E-state index in [-0.39, 0.29) is 0 Å². The van der Waals surface area contributed by atoms with Crippen molar-refractivity contribution in [3.8, 4) is 0 Å². The molecule has 2 heterocycles. The van der Waals surface area contributed by atoms with Crippen molar-refractivity contribution in [2.45, 2.75) is 32.7 Å². The second-order valence-corrected chi connectivity index (χ2v) is 5.93. The van der Waals surface area contributed by atoms with Gasteiger partial charge < -0.3 is 4.90 Å². The highest BCUT2D eigenvalue weighted by atomic mass is 32.1. The maximum absolute atomic E-state index is 5.34. The number of benzene rings is 1. The van der Waals surface area contributed by atoms with Gasteiger partial charge in [-0.1, -0.05) is 24.3 Å². The molecule has 0 bridgehead atoms. The summed E-state index contributed by atoms with van der Waals surface area (Å²) in [6.45, 7) is 6.26. The molecule has 0 fully saturated rings. The lowest BCUT2D eigenvalue weighted by Crippen LogP contribution is -2.29. The van der Waals surface area contributed by atoms with Gasteiger partial charge in [0, 0.05) is 19.1 Å².